The molecule has 3 rings (SSSR count). The van der Waals surface area contributed by atoms with Crippen molar-refractivity contribution in [3.8, 4) is 0 Å². The highest BCUT2D eigenvalue weighted by atomic mass is 32.2. The largest absolute Gasteiger partial charge is 0.347 e. The van der Waals surface area contributed by atoms with Crippen molar-refractivity contribution in [1.82, 2.24) is 10.3 Å². The molecule has 2 N–H and O–H groups in total. The summed E-state index contributed by atoms with van der Waals surface area (Å²) in [6.45, 7) is 2.13. The first-order valence-corrected chi connectivity index (χ1v) is 10.9. The second-order valence-electron chi connectivity index (χ2n) is 6.01. The lowest BCUT2D eigenvalue weighted by Crippen LogP contribution is -2.22. The molecule has 0 saturated heterocycles. The van der Waals surface area contributed by atoms with Crippen molar-refractivity contribution < 1.29 is 13.8 Å². The van der Waals surface area contributed by atoms with Crippen LogP contribution in [0.25, 0.3) is 0 Å². The molecular weight excluding hydrogens is 394 g/mol. The number of hydrogen-bond donors (Lipinski definition) is 2. The standard InChI is InChI=1S/C20H19N3O3S2/c1-13-17(19(25)21-12-14-8-4-3-5-9-14)27-20(22-13)23-18(24)15-10-6-7-11-16(15)28(2)26/h3-11H,12H2,1-2H3,(H,21,25)(H,22,23,24). The summed E-state index contributed by atoms with van der Waals surface area (Å²) in [5, 5.41) is 5.88. The molecule has 0 spiro atoms. The van der Waals surface area contributed by atoms with E-state index < -0.39 is 16.7 Å². The van der Waals surface area contributed by atoms with E-state index in [4.69, 9.17) is 0 Å². The number of aryl methyl sites for hydroxylation is 1. The van der Waals surface area contributed by atoms with Crippen LogP contribution in [-0.2, 0) is 17.3 Å². The highest BCUT2D eigenvalue weighted by Gasteiger charge is 2.19. The zero-order valence-electron chi connectivity index (χ0n) is 15.4. The first kappa shape index (κ1) is 19.9. The van der Waals surface area contributed by atoms with Gasteiger partial charge in [-0.3, -0.25) is 19.1 Å². The van der Waals surface area contributed by atoms with Crippen LogP contribution < -0.4 is 10.6 Å². The van der Waals surface area contributed by atoms with Crippen molar-refractivity contribution in [2.24, 2.45) is 0 Å². The number of aromatic nitrogens is 1. The Morgan fingerprint density at radius 3 is 2.43 bits per heavy atom. The van der Waals surface area contributed by atoms with Gasteiger partial charge in [0.15, 0.2) is 5.13 Å². The Hall–Kier alpha value is -2.84. The Morgan fingerprint density at radius 2 is 1.71 bits per heavy atom. The molecule has 0 saturated carbocycles. The summed E-state index contributed by atoms with van der Waals surface area (Å²) in [6.07, 6.45) is 1.52. The van der Waals surface area contributed by atoms with E-state index in [1.165, 1.54) is 6.26 Å². The zero-order valence-corrected chi connectivity index (χ0v) is 17.0. The van der Waals surface area contributed by atoms with Gasteiger partial charge in [-0.25, -0.2) is 4.98 Å². The second-order valence-corrected chi connectivity index (χ2v) is 8.35. The van der Waals surface area contributed by atoms with E-state index in [2.05, 4.69) is 15.6 Å². The predicted octanol–water partition coefficient (Wildman–Crippen LogP) is 3.37. The monoisotopic (exact) mass is 413 g/mol. The number of carbonyl (C=O) groups is 2. The molecule has 0 aliphatic carbocycles. The van der Waals surface area contributed by atoms with Gasteiger partial charge in [-0.05, 0) is 24.6 Å². The molecule has 0 fully saturated rings. The topological polar surface area (TPSA) is 88.2 Å². The minimum atomic E-state index is -1.29. The van der Waals surface area contributed by atoms with Crippen molar-refractivity contribution in [2.75, 3.05) is 11.6 Å². The van der Waals surface area contributed by atoms with Gasteiger partial charge in [0.05, 0.1) is 27.0 Å². The highest BCUT2D eigenvalue weighted by Crippen LogP contribution is 2.24. The first-order chi connectivity index (χ1) is 13.5. The third-order valence-electron chi connectivity index (χ3n) is 3.96. The van der Waals surface area contributed by atoms with E-state index in [0.29, 0.717) is 32.7 Å². The van der Waals surface area contributed by atoms with E-state index in [0.717, 1.165) is 16.9 Å². The fraction of sp³-hybridized carbons (Fsp3) is 0.150. The minimum absolute atomic E-state index is 0.241. The molecule has 0 bridgehead atoms. The Bertz CT molecular complexity index is 1030. The van der Waals surface area contributed by atoms with Crippen LogP contribution in [0.15, 0.2) is 59.5 Å². The molecule has 8 heteroatoms. The molecule has 2 aromatic carbocycles. The summed E-state index contributed by atoms with van der Waals surface area (Å²) in [5.41, 5.74) is 1.86. The second kappa shape index (κ2) is 8.90. The molecule has 0 aliphatic heterocycles. The molecule has 144 valence electrons. The maximum absolute atomic E-state index is 12.6. The summed E-state index contributed by atoms with van der Waals surface area (Å²) >= 11 is 1.11. The van der Waals surface area contributed by atoms with Gasteiger partial charge in [0, 0.05) is 12.8 Å². The number of benzene rings is 2. The van der Waals surface area contributed by atoms with Crippen LogP contribution in [0.1, 0.15) is 31.3 Å². The van der Waals surface area contributed by atoms with E-state index in [-0.39, 0.29) is 5.91 Å². The Labute approximate surface area is 169 Å². The van der Waals surface area contributed by atoms with Crippen LogP contribution in [0.4, 0.5) is 5.13 Å². The molecule has 28 heavy (non-hydrogen) atoms. The van der Waals surface area contributed by atoms with Gasteiger partial charge in [0.2, 0.25) is 0 Å². The molecule has 1 unspecified atom stereocenters. The van der Waals surface area contributed by atoms with Gasteiger partial charge in [0.25, 0.3) is 11.8 Å². The van der Waals surface area contributed by atoms with E-state index in [9.17, 15) is 13.8 Å². The summed E-state index contributed by atoms with van der Waals surface area (Å²) in [7, 11) is -1.29. The van der Waals surface area contributed by atoms with Gasteiger partial charge in [-0.2, -0.15) is 0 Å². The molecule has 1 atom stereocenters. The molecule has 3 aromatic rings. The minimum Gasteiger partial charge on any atom is -0.347 e. The Kier molecular flexibility index (Phi) is 6.33. The molecule has 6 nitrogen and oxygen atoms in total. The average Bonchev–Trinajstić information content (AvgIpc) is 3.07. The molecule has 2 amide bonds. The third-order valence-corrected chi connectivity index (χ3v) is 6.01. The lowest BCUT2D eigenvalue weighted by atomic mass is 10.2. The number of thiazole rings is 1. The van der Waals surface area contributed by atoms with Crippen LogP contribution in [0.5, 0.6) is 0 Å². The van der Waals surface area contributed by atoms with Crippen molar-refractivity contribution in [2.45, 2.75) is 18.4 Å². The normalized spacial score (nSPS) is 11.6. The van der Waals surface area contributed by atoms with Gasteiger partial charge in [0.1, 0.15) is 4.88 Å². The highest BCUT2D eigenvalue weighted by molar-refractivity contribution is 7.84. The lowest BCUT2D eigenvalue weighted by molar-refractivity contribution is 0.0953. The summed E-state index contributed by atoms with van der Waals surface area (Å²) in [5.74, 6) is -0.648. The number of rotatable bonds is 6. The number of amides is 2. The quantitative estimate of drug-likeness (QED) is 0.649. The fourth-order valence-corrected chi connectivity index (χ4v) is 4.21. The molecule has 0 aliphatic rings. The third kappa shape index (κ3) is 4.71. The molecule has 0 radical (unpaired) electrons. The number of nitrogens with zero attached hydrogens (tertiary/aromatic N) is 1. The number of hydrogen-bond acceptors (Lipinski definition) is 5. The van der Waals surface area contributed by atoms with Crippen LogP contribution in [0.3, 0.4) is 0 Å². The van der Waals surface area contributed by atoms with Gasteiger partial charge in [-0.1, -0.05) is 53.8 Å². The van der Waals surface area contributed by atoms with E-state index in [1.807, 2.05) is 30.3 Å². The SMILES string of the molecule is Cc1nc(NC(=O)c2ccccc2S(C)=O)sc1C(=O)NCc1ccccc1. The van der Waals surface area contributed by atoms with Crippen LogP contribution in [-0.4, -0.2) is 27.3 Å². The summed E-state index contributed by atoms with van der Waals surface area (Å²) in [4.78, 5) is 30.2. The first-order valence-electron chi connectivity index (χ1n) is 8.49. The van der Waals surface area contributed by atoms with Crippen LogP contribution >= 0.6 is 11.3 Å². The Morgan fingerprint density at radius 1 is 1.04 bits per heavy atom. The van der Waals surface area contributed by atoms with Crippen LogP contribution in [0, 0.1) is 6.92 Å². The zero-order chi connectivity index (χ0) is 20.1. The smallest absolute Gasteiger partial charge is 0.263 e. The van der Waals surface area contributed by atoms with Gasteiger partial charge in [-0.15, -0.1) is 0 Å². The molecule has 1 aromatic heterocycles. The maximum Gasteiger partial charge on any atom is 0.263 e. The average molecular weight is 414 g/mol. The van der Waals surface area contributed by atoms with Crippen molar-refractivity contribution in [1.29, 1.82) is 0 Å². The van der Waals surface area contributed by atoms with E-state index >= 15 is 0 Å². The fourth-order valence-electron chi connectivity index (χ4n) is 2.59. The van der Waals surface area contributed by atoms with Crippen LogP contribution in [0.2, 0.25) is 0 Å². The lowest BCUT2D eigenvalue weighted by Gasteiger charge is -2.06. The van der Waals surface area contributed by atoms with Crippen molar-refractivity contribution in [3.05, 3.63) is 76.3 Å². The number of carbonyl (C=O) groups excluding carboxylic acids is 2. The number of nitrogens with one attached hydrogen (secondary N) is 2. The van der Waals surface area contributed by atoms with Gasteiger partial charge >= 0.3 is 0 Å². The van der Waals surface area contributed by atoms with Gasteiger partial charge < -0.3 is 5.32 Å². The summed E-state index contributed by atoms with van der Waals surface area (Å²) in [6, 6.07) is 16.3. The summed E-state index contributed by atoms with van der Waals surface area (Å²) < 4.78 is 11.8. The predicted molar refractivity (Wildman–Crippen MR) is 111 cm³/mol. The molecular formula is C20H19N3O3S2. The Balaban J connectivity index is 1.71. The number of anilines is 1. The molecule has 1 heterocycles. The maximum atomic E-state index is 12.6. The van der Waals surface area contributed by atoms with Crippen molar-refractivity contribution >= 4 is 39.1 Å². The van der Waals surface area contributed by atoms with Crippen molar-refractivity contribution in [3.63, 3.8) is 0 Å². The van der Waals surface area contributed by atoms with E-state index in [1.54, 1.807) is 31.2 Å².